The average Bonchev–Trinajstić information content (AvgIpc) is 3.42. The Balaban J connectivity index is 1.28. The predicted octanol–water partition coefficient (Wildman–Crippen LogP) is 6.82. The number of hydrogen-bond donors (Lipinski definition) is 3. The van der Waals surface area contributed by atoms with Gasteiger partial charge in [0, 0.05) is 60.8 Å². The van der Waals surface area contributed by atoms with Crippen LogP contribution in [0.5, 0.6) is 0 Å². The number of imidazole rings is 1. The Morgan fingerprint density at radius 2 is 1.63 bits per heavy atom. The maximum atomic E-state index is 15.5. The molecule has 324 valence electrons. The van der Waals surface area contributed by atoms with E-state index in [-0.39, 0.29) is 79.0 Å². The molecule has 1 saturated carbocycles. The minimum Gasteiger partial charge on any atom is -0.352 e. The quantitative estimate of drug-likeness (QED) is 0.114. The van der Waals surface area contributed by atoms with Crippen LogP contribution in [0.3, 0.4) is 0 Å². The largest absolute Gasteiger partial charge is 0.352 e. The summed E-state index contributed by atoms with van der Waals surface area (Å²) in [4.78, 5) is 66.7. The number of halogens is 3. The van der Waals surface area contributed by atoms with Crippen molar-refractivity contribution in [3.05, 3.63) is 53.6 Å². The molecular formula is C46H60F3N7O4. The summed E-state index contributed by atoms with van der Waals surface area (Å²) in [6.45, 7) is 14.0. The lowest BCUT2D eigenvalue weighted by molar-refractivity contribution is -0.140. The molecule has 4 aromatic rings. The third-order valence-corrected chi connectivity index (χ3v) is 13.6. The number of likely N-dealkylation sites (N-methyl/N-ethyl adjacent to an activating group) is 1. The van der Waals surface area contributed by atoms with E-state index in [2.05, 4.69) is 15.6 Å². The number of carbonyl (C=O) groups is 4. The summed E-state index contributed by atoms with van der Waals surface area (Å²) >= 11 is 0. The molecule has 0 bridgehead atoms. The van der Waals surface area contributed by atoms with Gasteiger partial charge in [0.1, 0.15) is 29.6 Å². The Kier molecular flexibility index (Phi) is 12.5. The highest BCUT2D eigenvalue weighted by molar-refractivity contribution is 5.93. The van der Waals surface area contributed by atoms with E-state index in [4.69, 9.17) is 4.98 Å². The number of fused-ring (bicyclic) bond motifs is 3. The molecule has 3 fully saturated rings. The first-order valence-electron chi connectivity index (χ1n) is 21.7. The molecule has 2 aromatic heterocycles. The number of hydrogen-bond acceptors (Lipinski definition) is 6. The van der Waals surface area contributed by atoms with E-state index in [0.717, 1.165) is 6.42 Å². The maximum absolute atomic E-state index is 15.5. The fourth-order valence-electron chi connectivity index (χ4n) is 9.46. The third kappa shape index (κ3) is 8.45. The van der Waals surface area contributed by atoms with Gasteiger partial charge in [-0.15, -0.1) is 0 Å². The first-order valence-corrected chi connectivity index (χ1v) is 21.7. The molecule has 0 radical (unpaired) electrons. The number of aromatic amines is 1. The van der Waals surface area contributed by atoms with Crippen molar-refractivity contribution in [1.29, 1.82) is 0 Å². The van der Waals surface area contributed by atoms with Gasteiger partial charge >= 0.3 is 0 Å². The van der Waals surface area contributed by atoms with Gasteiger partial charge in [-0.3, -0.25) is 19.2 Å². The van der Waals surface area contributed by atoms with E-state index in [1.54, 1.807) is 31.0 Å². The molecule has 3 aliphatic rings. The van der Waals surface area contributed by atoms with Gasteiger partial charge in [0.25, 0.3) is 0 Å². The van der Waals surface area contributed by atoms with Crippen molar-refractivity contribution in [2.45, 2.75) is 117 Å². The molecule has 7 rings (SSSR count). The van der Waals surface area contributed by atoms with Gasteiger partial charge < -0.3 is 30.0 Å². The van der Waals surface area contributed by atoms with Crippen molar-refractivity contribution in [3.8, 4) is 11.5 Å². The summed E-state index contributed by atoms with van der Waals surface area (Å²) in [5.41, 5.74) is 2.76. The minimum absolute atomic E-state index is 0.0293. The summed E-state index contributed by atoms with van der Waals surface area (Å²) in [6.07, 6.45) is 0.654. The zero-order valence-electron chi connectivity index (χ0n) is 36.0. The van der Waals surface area contributed by atoms with E-state index >= 15 is 4.39 Å². The lowest BCUT2D eigenvalue weighted by Gasteiger charge is -2.34. The van der Waals surface area contributed by atoms with Gasteiger partial charge in [0.2, 0.25) is 17.7 Å². The van der Waals surface area contributed by atoms with Crippen molar-refractivity contribution in [2.24, 2.45) is 35.5 Å². The van der Waals surface area contributed by atoms with Gasteiger partial charge in [-0.25, -0.2) is 18.2 Å². The number of rotatable bonds is 16. The molecule has 2 saturated heterocycles. The Morgan fingerprint density at radius 3 is 2.32 bits per heavy atom. The topological polar surface area (TPSA) is 132 Å². The lowest BCUT2D eigenvalue weighted by atomic mass is 9.87. The number of likely N-dealkylation sites (tertiary alicyclic amines) is 2. The number of amides is 3. The number of piperidine rings is 1. The summed E-state index contributed by atoms with van der Waals surface area (Å²) in [5.74, 6) is -1.78. The highest BCUT2D eigenvalue weighted by atomic mass is 19.1. The third-order valence-electron chi connectivity index (χ3n) is 13.6. The molecule has 2 aliphatic heterocycles. The number of H-pyrrole nitrogens is 1. The van der Waals surface area contributed by atoms with Crippen molar-refractivity contribution in [1.82, 2.24) is 35.0 Å². The normalized spacial score (nSPS) is 23.4. The van der Waals surface area contributed by atoms with E-state index in [1.807, 2.05) is 51.0 Å². The first kappa shape index (κ1) is 43.4. The molecule has 60 heavy (non-hydrogen) atoms. The number of Topliss-reactive ketones (excluding diaryl/α,β-unsaturated/α-hetero) is 1. The second-order valence-corrected chi connectivity index (χ2v) is 18.3. The van der Waals surface area contributed by atoms with Crippen LogP contribution in [0.25, 0.3) is 33.5 Å². The molecule has 0 unspecified atom stereocenters. The van der Waals surface area contributed by atoms with Crippen molar-refractivity contribution in [3.63, 3.8) is 0 Å². The molecule has 9 atom stereocenters. The van der Waals surface area contributed by atoms with Gasteiger partial charge in [0.15, 0.2) is 5.82 Å². The lowest BCUT2D eigenvalue weighted by Crippen LogP contribution is -2.54. The summed E-state index contributed by atoms with van der Waals surface area (Å²) < 4.78 is 47.3. The average molecular weight is 832 g/mol. The van der Waals surface area contributed by atoms with Crippen LogP contribution < -0.4 is 10.6 Å². The van der Waals surface area contributed by atoms with Crippen LogP contribution in [0.4, 0.5) is 13.2 Å². The van der Waals surface area contributed by atoms with Crippen LogP contribution in [0, 0.1) is 47.1 Å². The summed E-state index contributed by atoms with van der Waals surface area (Å²) in [6, 6.07) is 6.88. The molecular weight excluding hydrogens is 772 g/mol. The number of benzene rings is 2. The van der Waals surface area contributed by atoms with E-state index in [1.165, 1.54) is 24.3 Å². The Morgan fingerprint density at radius 1 is 0.917 bits per heavy atom. The molecule has 2 aromatic carbocycles. The molecule has 0 spiro atoms. The van der Waals surface area contributed by atoms with Gasteiger partial charge in [-0.05, 0) is 92.8 Å². The van der Waals surface area contributed by atoms with Crippen LogP contribution in [0.1, 0.15) is 79.7 Å². The van der Waals surface area contributed by atoms with E-state index < -0.39 is 41.8 Å². The van der Waals surface area contributed by atoms with Crippen LogP contribution in [-0.4, -0.2) is 98.3 Å². The zero-order valence-corrected chi connectivity index (χ0v) is 36.0. The fourth-order valence-corrected chi connectivity index (χ4v) is 9.46. The van der Waals surface area contributed by atoms with Gasteiger partial charge in [-0.1, -0.05) is 41.5 Å². The van der Waals surface area contributed by atoms with E-state index in [0.29, 0.717) is 64.4 Å². The highest BCUT2D eigenvalue weighted by Crippen LogP contribution is 2.51. The molecule has 4 heterocycles. The summed E-state index contributed by atoms with van der Waals surface area (Å²) in [5, 5.41) is 6.66. The Hall–Kier alpha value is -4.72. The van der Waals surface area contributed by atoms with Crippen molar-refractivity contribution in [2.75, 3.05) is 20.1 Å². The number of nitrogens with zero attached hydrogens (tertiary/aromatic N) is 4. The van der Waals surface area contributed by atoms with Crippen molar-refractivity contribution >= 4 is 45.4 Å². The Bertz CT molecular complexity index is 2270. The van der Waals surface area contributed by atoms with Gasteiger partial charge in [0.05, 0.1) is 35.4 Å². The molecule has 1 aliphatic carbocycles. The number of ketones is 1. The molecule has 3 N–H and O–H groups in total. The smallest absolute Gasteiger partial charge is 0.245 e. The van der Waals surface area contributed by atoms with Crippen LogP contribution in [-0.2, 0) is 32.1 Å². The van der Waals surface area contributed by atoms with E-state index in [9.17, 15) is 28.0 Å². The second-order valence-electron chi connectivity index (χ2n) is 18.3. The van der Waals surface area contributed by atoms with Crippen LogP contribution >= 0.6 is 0 Å². The molecule has 11 nitrogen and oxygen atoms in total. The fraction of sp³-hybridized carbons (Fsp3) is 0.587. The zero-order chi connectivity index (χ0) is 43.3. The van der Waals surface area contributed by atoms with Crippen LogP contribution in [0.2, 0.25) is 0 Å². The molecule has 14 heteroatoms. The Labute approximate surface area is 350 Å². The minimum atomic E-state index is -1.28. The second kappa shape index (κ2) is 17.3. The number of aromatic nitrogens is 3. The first-order chi connectivity index (χ1) is 28.5. The highest BCUT2D eigenvalue weighted by Gasteiger charge is 2.55. The number of nitrogens with one attached hydrogen (secondary N) is 3. The number of carbonyl (C=O) groups excluding carboxylic acids is 4. The van der Waals surface area contributed by atoms with Crippen LogP contribution in [0.15, 0.2) is 36.4 Å². The molecule has 3 amide bonds. The standard InChI is InChI=1S/C46H60F3N7O4/c1-9-25(6)44(58)53-41(24(4)5)46(60)56-20-27-14-34(27)39(56)22-55-38-13-11-29(48)17-37(38)52-43(55)42-35(32-12-10-28(47)16-36(32)51-42)18-31-15-30(49)21-54(31)45(59)33(23(2)3)19-40(57)26(7)50-8/h10-13,16-17,23-27,30-31,33-34,39,41,50-51H,9,14-15,18-22H2,1-8H3,(H,53,58)/t25-,26+,27+,30+,31+,33+,34+,39-,41+/m1/s1. The summed E-state index contributed by atoms with van der Waals surface area (Å²) in [7, 11) is 1.69. The monoisotopic (exact) mass is 831 g/mol. The number of alkyl halides is 1. The van der Waals surface area contributed by atoms with Crippen molar-refractivity contribution < 1.29 is 32.3 Å². The maximum Gasteiger partial charge on any atom is 0.245 e. The predicted molar refractivity (Wildman–Crippen MR) is 225 cm³/mol. The SMILES string of the molecule is CC[C@@H](C)C(=O)N[C@H](C(=O)N1C[C@@H]2C[C@@H]2[C@H]1Cn1c(-c2[nH]c3cc(F)ccc3c2C[C@@H]2C[C@H](F)CN2C(=O)[C@@H](CC(=O)[C@H](C)NC)C(C)C)nc2cc(F)ccc21)C(C)C. The van der Waals surface area contributed by atoms with Gasteiger partial charge in [-0.2, -0.15) is 0 Å².